The van der Waals surface area contributed by atoms with E-state index in [9.17, 15) is 13.2 Å². The molecule has 0 spiro atoms. The van der Waals surface area contributed by atoms with Gasteiger partial charge in [0.15, 0.2) is 9.84 Å². The second kappa shape index (κ2) is 7.48. The smallest absolute Gasteiger partial charge is 0.244 e. The van der Waals surface area contributed by atoms with Crippen LogP contribution in [0.3, 0.4) is 0 Å². The van der Waals surface area contributed by atoms with Gasteiger partial charge in [0.25, 0.3) is 0 Å². The highest BCUT2D eigenvalue weighted by Gasteiger charge is 2.32. The average Bonchev–Trinajstić information content (AvgIpc) is 2.96. The van der Waals surface area contributed by atoms with Crippen LogP contribution in [0.2, 0.25) is 0 Å². The number of nitrogens with zero attached hydrogens (tertiary/aromatic N) is 1. The molecular formula is C18H18N2O4S. The minimum Gasteiger partial charge on any atom is -0.457 e. The van der Waals surface area contributed by atoms with E-state index in [0.29, 0.717) is 12.2 Å². The fraction of sp³-hybridized carbons (Fsp3) is 0.222. The Bertz CT molecular complexity index is 879. The number of carbonyl (C=O) groups excluding carboxylic acids is 1. The Morgan fingerprint density at radius 3 is 2.60 bits per heavy atom. The van der Waals surface area contributed by atoms with Crippen molar-refractivity contribution in [3.63, 3.8) is 0 Å². The zero-order valence-electron chi connectivity index (χ0n) is 13.5. The predicted molar refractivity (Wildman–Crippen MR) is 95.5 cm³/mol. The van der Waals surface area contributed by atoms with Gasteiger partial charge >= 0.3 is 0 Å². The van der Waals surface area contributed by atoms with E-state index in [1.165, 1.54) is 6.21 Å². The maximum Gasteiger partial charge on any atom is 0.244 e. The third kappa shape index (κ3) is 4.90. The first-order valence-corrected chi connectivity index (χ1v) is 9.70. The Labute approximate surface area is 146 Å². The summed E-state index contributed by atoms with van der Waals surface area (Å²) in [6.07, 6.45) is 1.85. The van der Waals surface area contributed by atoms with Crippen LogP contribution in [0, 0.1) is 5.92 Å². The number of carbonyl (C=O) groups is 1. The number of ether oxygens (including phenoxy) is 1. The van der Waals surface area contributed by atoms with Gasteiger partial charge in [0.2, 0.25) is 5.91 Å². The first-order valence-electron chi connectivity index (χ1n) is 7.88. The van der Waals surface area contributed by atoms with Gasteiger partial charge in [-0.15, -0.1) is 0 Å². The van der Waals surface area contributed by atoms with Crippen LogP contribution >= 0.6 is 0 Å². The van der Waals surface area contributed by atoms with E-state index in [2.05, 4.69) is 10.5 Å². The molecular weight excluding hydrogens is 340 g/mol. The summed E-state index contributed by atoms with van der Waals surface area (Å²) in [6, 6.07) is 16.7. The van der Waals surface area contributed by atoms with E-state index in [1.54, 1.807) is 6.07 Å². The van der Waals surface area contributed by atoms with E-state index in [-0.39, 0.29) is 17.4 Å². The van der Waals surface area contributed by atoms with Gasteiger partial charge in [-0.3, -0.25) is 4.79 Å². The third-order valence-corrected chi connectivity index (χ3v) is 5.60. The lowest BCUT2D eigenvalue weighted by Gasteiger charge is -2.06. The van der Waals surface area contributed by atoms with Crippen molar-refractivity contribution >= 4 is 22.0 Å². The SMILES string of the molecule is O=C(N/N=C\c1cccc(Oc2ccccc2)c1)[C@H]1CCS(=O)(=O)C1. The van der Waals surface area contributed by atoms with Crippen LogP contribution in [0.1, 0.15) is 12.0 Å². The number of sulfone groups is 1. The Morgan fingerprint density at radius 2 is 1.88 bits per heavy atom. The molecule has 130 valence electrons. The van der Waals surface area contributed by atoms with Gasteiger partial charge in [0, 0.05) is 0 Å². The van der Waals surface area contributed by atoms with Crippen molar-refractivity contribution in [2.75, 3.05) is 11.5 Å². The summed E-state index contributed by atoms with van der Waals surface area (Å²) in [4.78, 5) is 11.9. The topological polar surface area (TPSA) is 84.8 Å². The van der Waals surface area contributed by atoms with Gasteiger partial charge < -0.3 is 4.74 Å². The van der Waals surface area contributed by atoms with Crippen molar-refractivity contribution in [1.82, 2.24) is 5.43 Å². The largest absolute Gasteiger partial charge is 0.457 e. The van der Waals surface area contributed by atoms with E-state index in [1.807, 2.05) is 48.5 Å². The third-order valence-electron chi connectivity index (χ3n) is 3.83. The van der Waals surface area contributed by atoms with Gasteiger partial charge in [-0.1, -0.05) is 30.3 Å². The summed E-state index contributed by atoms with van der Waals surface area (Å²) in [5.74, 6) is 0.460. The number of benzene rings is 2. The van der Waals surface area contributed by atoms with E-state index in [0.717, 1.165) is 11.3 Å². The summed E-state index contributed by atoms with van der Waals surface area (Å²) in [5.41, 5.74) is 3.16. The van der Waals surface area contributed by atoms with E-state index < -0.39 is 15.8 Å². The Kier molecular flexibility index (Phi) is 5.14. The van der Waals surface area contributed by atoms with E-state index >= 15 is 0 Å². The fourth-order valence-electron chi connectivity index (χ4n) is 2.55. The highest BCUT2D eigenvalue weighted by Crippen LogP contribution is 2.21. The number of hydrogen-bond acceptors (Lipinski definition) is 5. The Hall–Kier alpha value is -2.67. The quantitative estimate of drug-likeness (QED) is 0.657. The summed E-state index contributed by atoms with van der Waals surface area (Å²) >= 11 is 0. The van der Waals surface area contributed by atoms with Crippen molar-refractivity contribution in [1.29, 1.82) is 0 Å². The van der Waals surface area contributed by atoms with Crippen LogP contribution in [-0.2, 0) is 14.6 Å². The average molecular weight is 358 g/mol. The maximum atomic E-state index is 11.9. The number of rotatable bonds is 5. The molecule has 2 aromatic rings. The van der Waals surface area contributed by atoms with E-state index in [4.69, 9.17) is 4.74 Å². The molecule has 1 atom stereocenters. The summed E-state index contributed by atoms with van der Waals surface area (Å²) in [6.45, 7) is 0. The lowest BCUT2D eigenvalue weighted by molar-refractivity contribution is -0.124. The Balaban J connectivity index is 1.58. The molecule has 1 fully saturated rings. The fourth-order valence-corrected chi connectivity index (χ4v) is 4.29. The van der Waals surface area contributed by atoms with Crippen LogP contribution in [-0.4, -0.2) is 32.0 Å². The zero-order chi connectivity index (χ0) is 17.7. The predicted octanol–water partition coefficient (Wildman–Crippen LogP) is 2.36. The minimum atomic E-state index is -3.08. The molecule has 0 bridgehead atoms. The number of nitrogens with one attached hydrogen (secondary N) is 1. The van der Waals surface area contributed by atoms with Crippen LogP contribution in [0.25, 0.3) is 0 Å². The van der Waals surface area contributed by atoms with Crippen LogP contribution in [0.15, 0.2) is 59.7 Å². The maximum absolute atomic E-state index is 11.9. The second-order valence-corrected chi connectivity index (χ2v) is 8.05. The van der Waals surface area contributed by atoms with Gasteiger partial charge in [0.1, 0.15) is 11.5 Å². The summed E-state index contributed by atoms with van der Waals surface area (Å²) in [7, 11) is -3.08. The Morgan fingerprint density at radius 1 is 1.12 bits per heavy atom. The van der Waals surface area contributed by atoms with Crippen molar-refractivity contribution in [2.24, 2.45) is 11.0 Å². The van der Waals surface area contributed by atoms with Crippen LogP contribution in [0.5, 0.6) is 11.5 Å². The van der Waals surface area contributed by atoms with Gasteiger partial charge in [-0.25, -0.2) is 13.8 Å². The number of amides is 1. The normalized spacial score (nSPS) is 19.0. The highest BCUT2D eigenvalue weighted by atomic mass is 32.2. The molecule has 1 saturated heterocycles. The molecule has 1 aliphatic heterocycles. The molecule has 6 nitrogen and oxygen atoms in total. The molecule has 1 aliphatic rings. The molecule has 0 saturated carbocycles. The highest BCUT2D eigenvalue weighted by molar-refractivity contribution is 7.91. The molecule has 2 aromatic carbocycles. The molecule has 0 aliphatic carbocycles. The van der Waals surface area contributed by atoms with Crippen LogP contribution < -0.4 is 10.2 Å². The molecule has 7 heteroatoms. The first kappa shape index (κ1) is 17.2. The lowest BCUT2D eigenvalue weighted by Crippen LogP contribution is -2.27. The molecule has 1 amide bonds. The second-order valence-electron chi connectivity index (χ2n) is 5.82. The van der Waals surface area contributed by atoms with Crippen molar-refractivity contribution in [3.05, 3.63) is 60.2 Å². The van der Waals surface area contributed by atoms with Gasteiger partial charge in [-0.2, -0.15) is 5.10 Å². The van der Waals surface area contributed by atoms with Gasteiger partial charge in [-0.05, 0) is 36.2 Å². The van der Waals surface area contributed by atoms with Gasteiger partial charge in [0.05, 0.1) is 23.6 Å². The molecule has 1 N–H and O–H groups in total. The number of hydrogen-bond donors (Lipinski definition) is 1. The standard InChI is InChI=1S/C18H18N2O4S/c21-18(15-9-10-25(22,23)13-15)20-19-12-14-5-4-8-17(11-14)24-16-6-2-1-3-7-16/h1-8,11-12,15H,9-10,13H2,(H,20,21)/b19-12-/t15-/m0/s1. The lowest BCUT2D eigenvalue weighted by atomic mass is 10.1. The molecule has 1 heterocycles. The molecule has 3 rings (SSSR count). The van der Waals surface area contributed by atoms with Crippen LogP contribution in [0.4, 0.5) is 0 Å². The molecule has 25 heavy (non-hydrogen) atoms. The molecule has 0 unspecified atom stereocenters. The first-order chi connectivity index (χ1) is 12.0. The molecule has 0 aromatic heterocycles. The minimum absolute atomic E-state index is 0.0632. The zero-order valence-corrected chi connectivity index (χ0v) is 14.3. The van der Waals surface area contributed by atoms with Crippen molar-refractivity contribution in [2.45, 2.75) is 6.42 Å². The van der Waals surface area contributed by atoms with Crippen molar-refractivity contribution in [3.8, 4) is 11.5 Å². The molecule has 0 radical (unpaired) electrons. The summed E-state index contributed by atoms with van der Waals surface area (Å²) < 4.78 is 28.5. The van der Waals surface area contributed by atoms with Crippen molar-refractivity contribution < 1.29 is 17.9 Å². The summed E-state index contributed by atoms with van der Waals surface area (Å²) in [5, 5.41) is 3.91. The number of para-hydroxylation sites is 1. The number of hydrazone groups is 1. The monoisotopic (exact) mass is 358 g/mol.